The molecule has 0 radical (unpaired) electrons. The lowest BCUT2D eigenvalue weighted by Gasteiger charge is -2.12. The normalized spacial score (nSPS) is 16.4. The van der Waals surface area contributed by atoms with Crippen LogP contribution in [0, 0.1) is 6.92 Å². The molecule has 0 unspecified atom stereocenters. The van der Waals surface area contributed by atoms with Crippen molar-refractivity contribution in [1.29, 1.82) is 0 Å². The molecular weight excluding hydrogens is 234 g/mol. The summed E-state index contributed by atoms with van der Waals surface area (Å²) in [6.07, 6.45) is 3.93. The molecule has 0 aliphatic carbocycles. The molecule has 17 heavy (non-hydrogen) atoms. The molecule has 3 heteroatoms. The van der Waals surface area contributed by atoms with Gasteiger partial charge in [0.15, 0.2) is 0 Å². The summed E-state index contributed by atoms with van der Waals surface area (Å²) in [4.78, 5) is 1.74. The number of hydrogen-bond donors (Lipinski definition) is 1. The number of benzene rings is 1. The molecular formula is C14H21ClNO+. The van der Waals surface area contributed by atoms with E-state index >= 15 is 0 Å². The minimum Gasteiger partial charge on any atom is -0.493 e. The summed E-state index contributed by atoms with van der Waals surface area (Å²) in [6.45, 7) is 6.75. The van der Waals surface area contributed by atoms with E-state index in [1.54, 1.807) is 4.90 Å². The fourth-order valence-corrected chi connectivity index (χ4v) is 2.46. The Morgan fingerprint density at radius 1 is 1.29 bits per heavy atom. The molecule has 0 bridgehead atoms. The number of halogens is 1. The Balaban J connectivity index is 1.68. The first kappa shape index (κ1) is 12.7. The van der Waals surface area contributed by atoms with Gasteiger partial charge < -0.3 is 9.64 Å². The fourth-order valence-electron chi connectivity index (χ4n) is 2.34. The Labute approximate surface area is 109 Å². The molecule has 1 aromatic rings. The van der Waals surface area contributed by atoms with Gasteiger partial charge in [0.2, 0.25) is 0 Å². The van der Waals surface area contributed by atoms with Gasteiger partial charge in [-0.3, -0.25) is 0 Å². The molecule has 0 saturated carbocycles. The van der Waals surface area contributed by atoms with Crippen LogP contribution in [0.15, 0.2) is 18.2 Å². The Hall–Kier alpha value is -0.730. The molecule has 1 fully saturated rings. The number of hydrogen-bond acceptors (Lipinski definition) is 1. The second-order valence-electron chi connectivity index (χ2n) is 4.82. The number of ether oxygens (including phenoxy) is 1. The van der Waals surface area contributed by atoms with Gasteiger partial charge in [0.05, 0.1) is 26.2 Å². The third kappa shape index (κ3) is 3.90. The summed E-state index contributed by atoms with van der Waals surface area (Å²) >= 11 is 5.97. The van der Waals surface area contributed by atoms with Crippen molar-refractivity contribution in [2.45, 2.75) is 26.2 Å². The van der Waals surface area contributed by atoms with E-state index in [4.69, 9.17) is 16.3 Å². The smallest absolute Gasteiger partial charge is 0.119 e. The first-order valence-electron chi connectivity index (χ1n) is 6.48. The van der Waals surface area contributed by atoms with E-state index in [-0.39, 0.29) is 0 Å². The average molecular weight is 255 g/mol. The first-order valence-corrected chi connectivity index (χ1v) is 6.86. The third-order valence-corrected chi connectivity index (χ3v) is 3.81. The van der Waals surface area contributed by atoms with Gasteiger partial charge in [-0.25, -0.2) is 0 Å². The Kier molecular flexibility index (Phi) is 4.69. The third-order valence-electron chi connectivity index (χ3n) is 3.38. The largest absolute Gasteiger partial charge is 0.493 e. The Bertz CT molecular complexity index is 361. The van der Waals surface area contributed by atoms with Gasteiger partial charge in [-0.15, -0.1) is 0 Å². The molecule has 0 atom stereocenters. The van der Waals surface area contributed by atoms with Gasteiger partial charge in [-0.2, -0.15) is 0 Å². The SMILES string of the molecule is Cc1cc(OCCC[NH+]2CCCC2)ccc1Cl. The highest BCUT2D eigenvalue weighted by Gasteiger charge is 2.14. The van der Waals surface area contributed by atoms with Gasteiger partial charge in [0, 0.05) is 24.3 Å². The standard InChI is InChI=1S/C14H20ClNO/c1-12-11-13(5-6-14(12)15)17-10-4-9-16-7-2-3-8-16/h5-6,11H,2-4,7-10H2,1H3/p+1. The van der Waals surface area contributed by atoms with Crippen LogP contribution < -0.4 is 9.64 Å². The van der Waals surface area contributed by atoms with Crippen LogP contribution in [0.1, 0.15) is 24.8 Å². The number of likely N-dealkylation sites (tertiary alicyclic amines) is 1. The lowest BCUT2D eigenvalue weighted by Crippen LogP contribution is -3.10. The maximum absolute atomic E-state index is 5.97. The van der Waals surface area contributed by atoms with Crippen LogP contribution in [0.5, 0.6) is 5.75 Å². The second-order valence-corrected chi connectivity index (χ2v) is 5.23. The van der Waals surface area contributed by atoms with E-state index in [1.165, 1.54) is 32.5 Å². The van der Waals surface area contributed by atoms with E-state index in [0.717, 1.165) is 29.4 Å². The highest BCUT2D eigenvalue weighted by atomic mass is 35.5. The minimum absolute atomic E-state index is 0.805. The summed E-state index contributed by atoms with van der Waals surface area (Å²) in [5.74, 6) is 0.934. The maximum atomic E-state index is 5.97. The molecule has 2 rings (SSSR count). The topological polar surface area (TPSA) is 13.7 Å². The van der Waals surface area contributed by atoms with Crippen molar-refractivity contribution < 1.29 is 9.64 Å². The predicted molar refractivity (Wildman–Crippen MR) is 71.1 cm³/mol. The number of aryl methyl sites for hydroxylation is 1. The first-order chi connectivity index (χ1) is 8.25. The van der Waals surface area contributed by atoms with Crippen LogP contribution in [0.25, 0.3) is 0 Å². The Morgan fingerprint density at radius 2 is 2.06 bits per heavy atom. The molecule has 1 saturated heterocycles. The Morgan fingerprint density at radius 3 is 2.76 bits per heavy atom. The summed E-state index contributed by atoms with van der Waals surface area (Å²) in [5.41, 5.74) is 1.08. The predicted octanol–water partition coefficient (Wildman–Crippen LogP) is 2.10. The van der Waals surface area contributed by atoms with E-state index in [2.05, 4.69) is 0 Å². The zero-order valence-electron chi connectivity index (χ0n) is 10.5. The van der Waals surface area contributed by atoms with Crippen LogP contribution >= 0.6 is 11.6 Å². The van der Waals surface area contributed by atoms with Crippen LogP contribution in [0.3, 0.4) is 0 Å². The van der Waals surface area contributed by atoms with Crippen molar-refractivity contribution in [3.63, 3.8) is 0 Å². The van der Waals surface area contributed by atoms with Crippen molar-refractivity contribution in [3.8, 4) is 5.75 Å². The summed E-state index contributed by atoms with van der Waals surface area (Å²) in [5, 5.41) is 0.805. The van der Waals surface area contributed by atoms with E-state index < -0.39 is 0 Å². The van der Waals surface area contributed by atoms with Crippen molar-refractivity contribution >= 4 is 11.6 Å². The van der Waals surface area contributed by atoms with Crippen molar-refractivity contribution in [1.82, 2.24) is 0 Å². The van der Waals surface area contributed by atoms with Crippen LogP contribution in [-0.2, 0) is 0 Å². The van der Waals surface area contributed by atoms with E-state index in [0.29, 0.717) is 0 Å². The number of quaternary nitrogens is 1. The molecule has 0 spiro atoms. The molecule has 1 aliphatic heterocycles. The lowest BCUT2D eigenvalue weighted by atomic mass is 10.2. The molecule has 1 aromatic carbocycles. The quantitative estimate of drug-likeness (QED) is 0.795. The van der Waals surface area contributed by atoms with Gasteiger partial charge in [0.25, 0.3) is 0 Å². The van der Waals surface area contributed by atoms with Gasteiger partial charge in [-0.05, 0) is 30.7 Å². The monoisotopic (exact) mass is 254 g/mol. The van der Waals surface area contributed by atoms with Gasteiger partial charge in [-0.1, -0.05) is 11.6 Å². The fraction of sp³-hybridized carbons (Fsp3) is 0.571. The highest BCUT2D eigenvalue weighted by Crippen LogP contribution is 2.20. The number of nitrogens with one attached hydrogen (secondary N) is 1. The van der Waals surface area contributed by atoms with E-state index in [9.17, 15) is 0 Å². The molecule has 0 amide bonds. The van der Waals surface area contributed by atoms with Gasteiger partial charge >= 0.3 is 0 Å². The van der Waals surface area contributed by atoms with Crippen molar-refractivity contribution in [2.75, 3.05) is 26.2 Å². The second kappa shape index (κ2) is 6.27. The minimum atomic E-state index is 0.805. The molecule has 2 nitrogen and oxygen atoms in total. The van der Waals surface area contributed by atoms with Crippen molar-refractivity contribution in [2.24, 2.45) is 0 Å². The zero-order chi connectivity index (χ0) is 12.1. The zero-order valence-corrected chi connectivity index (χ0v) is 11.2. The van der Waals surface area contributed by atoms with Crippen LogP contribution in [-0.4, -0.2) is 26.2 Å². The van der Waals surface area contributed by atoms with E-state index in [1.807, 2.05) is 25.1 Å². The van der Waals surface area contributed by atoms with Crippen LogP contribution in [0.2, 0.25) is 5.02 Å². The van der Waals surface area contributed by atoms with Crippen molar-refractivity contribution in [3.05, 3.63) is 28.8 Å². The summed E-state index contributed by atoms with van der Waals surface area (Å²) < 4.78 is 5.73. The molecule has 1 aliphatic rings. The summed E-state index contributed by atoms with van der Waals surface area (Å²) in [7, 11) is 0. The molecule has 94 valence electrons. The summed E-state index contributed by atoms with van der Waals surface area (Å²) in [6, 6.07) is 5.85. The van der Waals surface area contributed by atoms with Crippen LogP contribution in [0.4, 0.5) is 0 Å². The average Bonchev–Trinajstić information content (AvgIpc) is 2.82. The lowest BCUT2D eigenvalue weighted by molar-refractivity contribution is -0.887. The molecule has 0 aromatic heterocycles. The molecule has 1 N–H and O–H groups in total. The maximum Gasteiger partial charge on any atom is 0.119 e. The molecule has 1 heterocycles. The highest BCUT2D eigenvalue weighted by molar-refractivity contribution is 6.31. The number of rotatable bonds is 5. The van der Waals surface area contributed by atoms with Gasteiger partial charge in [0.1, 0.15) is 5.75 Å².